The number of nitrogens with one attached hydrogen (secondary N) is 1. The molecule has 19 heavy (non-hydrogen) atoms. The maximum atomic E-state index is 11.3. The summed E-state index contributed by atoms with van der Waals surface area (Å²) in [6, 6.07) is 0. The van der Waals surface area contributed by atoms with Crippen LogP contribution in [-0.4, -0.2) is 31.8 Å². The zero-order valence-electron chi connectivity index (χ0n) is 10.8. The highest BCUT2D eigenvalue weighted by Gasteiger charge is 2.08. The Morgan fingerprint density at radius 3 is 2.58 bits per heavy atom. The molecule has 0 saturated carbocycles. The van der Waals surface area contributed by atoms with E-state index >= 15 is 0 Å². The molecule has 0 radical (unpaired) electrons. The smallest absolute Gasteiger partial charge is 0.404 e. The maximum absolute atomic E-state index is 11.3. The highest BCUT2D eigenvalue weighted by Crippen LogP contribution is 2.00. The molecule has 0 bridgehead atoms. The first kappa shape index (κ1) is 14.5. The summed E-state index contributed by atoms with van der Waals surface area (Å²) in [6.45, 7) is 2.06. The number of imidazole rings is 1. The van der Waals surface area contributed by atoms with Gasteiger partial charge >= 0.3 is 11.8 Å². The molecule has 0 aliphatic rings. The van der Waals surface area contributed by atoms with Gasteiger partial charge in [0.25, 0.3) is 5.56 Å². The number of aromatic nitrogens is 4. The molecule has 2 aromatic heterocycles. The maximum Gasteiger partial charge on any atom is 0.404 e. The van der Waals surface area contributed by atoms with Gasteiger partial charge in [-0.3, -0.25) is 14.3 Å². The van der Waals surface area contributed by atoms with Crippen molar-refractivity contribution in [2.75, 3.05) is 6.61 Å². The lowest BCUT2D eigenvalue weighted by Gasteiger charge is -1.97. The van der Waals surface area contributed by atoms with E-state index in [0.717, 1.165) is 0 Å². The number of aryl methyl sites for hydroxylation is 2. The molecule has 9 nitrogen and oxygen atoms in total. The van der Waals surface area contributed by atoms with E-state index in [4.69, 9.17) is 0 Å². The van der Waals surface area contributed by atoms with Crippen LogP contribution in [0.15, 0.2) is 15.9 Å². The molecule has 0 atom stereocenters. The van der Waals surface area contributed by atoms with Crippen molar-refractivity contribution in [2.24, 2.45) is 19.8 Å². The molecule has 0 spiro atoms. The predicted molar refractivity (Wildman–Crippen MR) is 67.8 cm³/mol. The molecule has 2 rings (SSSR count). The standard InChI is InChI=1S/C7H8N4O2.C3H7NO2/c1-10-3-8-5-4(10)6(12)9-7(13)11(5)2;1-2-6-3(4)5/h3H,1-2H3,(H,9,12,13);2H2,1H3,(H2,4,5). The molecule has 2 aromatic rings. The predicted octanol–water partition coefficient (Wildman–Crippen LogP) is -0.938. The lowest BCUT2D eigenvalue weighted by molar-refractivity contribution is 0.163. The van der Waals surface area contributed by atoms with Crippen LogP contribution < -0.4 is 17.0 Å². The van der Waals surface area contributed by atoms with Gasteiger partial charge in [0.15, 0.2) is 11.2 Å². The molecule has 0 aromatic carbocycles. The van der Waals surface area contributed by atoms with Crippen LogP contribution in [0.4, 0.5) is 4.79 Å². The third-order valence-corrected chi connectivity index (χ3v) is 2.26. The zero-order chi connectivity index (χ0) is 14.6. The Kier molecular flexibility index (Phi) is 4.46. The van der Waals surface area contributed by atoms with Gasteiger partial charge in [-0.05, 0) is 6.92 Å². The van der Waals surface area contributed by atoms with Crippen molar-refractivity contribution in [3.05, 3.63) is 27.2 Å². The number of rotatable bonds is 1. The van der Waals surface area contributed by atoms with Crippen LogP contribution in [0.5, 0.6) is 0 Å². The van der Waals surface area contributed by atoms with Crippen molar-refractivity contribution in [3.63, 3.8) is 0 Å². The van der Waals surface area contributed by atoms with Crippen molar-refractivity contribution in [2.45, 2.75) is 6.92 Å². The Balaban J connectivity index is 0.000000258. The second-order valence-electron chi connectivity index (χ2n) is 3.60. The lowest BCUT2D eigenvalue weighted by atomic mass is 10.5. The molecule has 0 aliphatic carbocycles. The second kappa shape index (κ2) is 5.85. The molecule has 9 heteroatoms. The van der Waals surface area contributed by atoms with Gasteiger partial charge in [0.1, 0.15) is 0 Å². The number of nitrogens with two attached hydrogens (primary N) is 1. The molecule has 0 saturated heterocycles. The number of carbonyl (C=O) groups is 1. The van der Waals surface area contributed by atoms with Crippen molar-refractivity contribution in [1.29, 1.82) is 0 Å². The normalized spacial score (nSPS) is 9.84. The number of hydrogen-bond acceptors (Lipinski definition) is 5. The third-order valence-electron chi connectivity index (χ3n) is 2.26. The van der Waals surface area contributed by atoms with Gasteiger partial charge in [-0.1, -0.05) is 0 Å². The van der Waals surface area contributed by atoms with Crippen LogP contribution >= 0.6 is 0 Å². The van der Waals surface area contributed by atoms with Gasteiger partial charge in [-0.2, -0.15) is 0 Å². The van der Waals surface area contributed by atoms with Crippen molar-refractivity contribution >= 4 is 17.3 Å². The van der Waals surface area contributed by atoms with E-state index < -0.39 is 17.3 Å². The van der Waals surface area contributed by atoms with Crippen LogP contribution in [0.2, 0.25) is 0 Å². The van der Waals surface area contributed by atoms with E-state index in [1.54, 1.807) is 25.6 Å². The Labute approximate surface area is 107 Å². The first-order valence-corrected chi connectivity index (χ1v) is 5.41. The van der Waals surface area contributed by atoms with Gasteiger partial charge in [0, 0.05) is 14.1 Å². The molecule has 104 valence electrons. The van der Waals surface area contributed by atoms with E-state index in [2.05, 4.69) is 20.4 Å². The summed E-state index contributed by atoms with van der Waals surface area (Å²) in [5.41, 5.74) is 4.49. The quantitative estimate of drug-likeness (QED) is 0.691. The van der Waals surface area contributed by atoms with E-state index in [1.165, 1.54) is 10.9 Å². The molecule has 0 aliphatic heterocycles. The van der Waals surface area contributed by atoms with Gasteiger partial charge in [-0.15, -0.1) is 0 Å². The summed E-state index contributed by atoms with van der Waals surface area (Å²) in [5.74, 6) is 0. The summed E-state index contributed by atoms with van der Waals surface area (Å²) in [4.78, 5) is 38.2. The first-order valence-electron chi connectivity index (χ1n) is 5.41. The van der Waals surface area contributed by atoms with E-state index in [-0.39, 0.29) is 0 Å². The lowest BCUT2D eigenvalue weighted by Crippen LogP contribution is -2.28. The van der Waals surface area contributed by atoms with E-state index in [0.29, 0.717) is 17.8 Å². The van der Waals surface area contributed by atoms with E-state index in [1.807, 2.05) is 0 Å². The summed E-state index contributed by atoms with van der Waals surface area (Å²) in [6.07, 6.45) is 0.789. The highest BCUT2D eigenvalue weighted by molar-refractivity contribution is 5.69. The minimum atomic E-state index is -0.711. The molecule has 3 N–H and O–H groups in total. The molecular weight excluding hydrogens is 254 g/mol. The fourth-order valence-electron chi connectivity index (χ4n) is 1.40. The van der Waals surface area contributed by atoms with Crippen LogP contribution in [0.25, 0.3) is 11.2 Å². The Morgan fingerprint density at radius 2 is 2.11 bits per heavy atom. The van der Waals surface area contributed by atoms with Crippen LogP contribution in [0.3, 0.4) is 0 Å². The number of primary amides is 1. The number of ether oxygens (including phenoxy) is 1. The van der Waals surface area contributed by atoms with Gasteiger partial charge in [0.05, 0.1) is 12.9 Å². The van der Waals surface area contributed by atoms with Crippen molar-refractivity contribution < 1.29 is 9.53 Å². The number of hydrogen-bond donors (Lipinski definition) is 2. The number of nitrogens with zero attached hydrogens (tertiary/aromatic N) is 3. The van der Waals surface area contributed by atoms with Crippen molar-refractivity contribution in [1.82, 2.24) is 19.1 Å². The Bertz CT molecular complexity index is 696. The van der Waals surface area contributed by atoms with Crippen molar-refractivity contribution in [3.8, 4) is 0 Å². The fourth-order valence-corrected chi connectivity index (χ4v) is 1.40. The Morgan fingerprint density at radius 1 is 1.47 bits per heavy atom. The van der Waals surface area contributed by atoms with Crippen LogP contribution in [0.1, 0.15) is 6.92 Å². The number of amides is 1. The topological polar surface area (TPSA) is 125 Å². The molecule has 1 amide bonds. The fraction of sp³-hybridized carbons (Fsp3) is 0.400. The van der Waals surface area contributed by atoms with Gasteiger partial charge < -0.3 is 15.0 Å². The molecular formula is C10H15N5O4. The van der Waals surface area contributed by atoms with Crippen LogP contribution in [-0.2, 0) is 18.8 Å². The SMILES string of the molecule is CCOC(N)=O.Cn1cnc2c1c(=O)[nH]c(=O)n2C. The van der Waals surface area contributed by atoms with Gasteiger partial charge in [0.2, 0.25) is 0 Å². The van der Waals surface area contributed by atoms with Crippen LogP contribution in [0, 0.1) is 0 Å². The summed E-state index contributed by atoms with van der Waals surface area (Å²) >= 11 is 0. The third kappa shape index (κ3) is 3.21. The number of H-pyrrole nitrogens is 1. The second-order valence-corrected chi connectivity index (χ2v) is 3.60. The summed E-state index contributed by atoms with van der Waals surface area (Å²) in [7, 11) is 3.27. The minimum absolute atomic E-state index is 0.356. The van der Waals surface area contributed by atoms with Gasteiger partial charge in [-0.25, -0.2) is 14.6 Å². The molecule has 0 fully saturated rings. The monoisotopic (exact) mass is 269 g/mol. The molecule has 2 heterocycles. The number of fused-ring (bicyclic) bond motifs is 1. The average Bonchev–Trinajstić information content (AvgIpc) is 2.69. The highest BCUT2D eigenvalue weighted by atomic mass is 16.5. The average molecular weight is 269 g/mol. The summed E-state index contributed by atoms with van der Waals surface area (Å²) in [5, 5.41) is 0. The first-order chi connectivity index (χ1) is 8.88. The minimum Gasteiger partial charge on any atom is -0.450 e. The molecule has 0 unspecified atom stereocenters. The zero-order valence-corrected chi connectivity index (χ0v) is 10.8. The number of carbonyl (C=O) groups excluding carboxylic acids is 1. The van der Waals surface area contributed by atoms with E-state index in [9.17, 15) is 14.4 Å². The largest absolute Gasteiger partial charge is 0.450 e. The summed E-state index contributed by atoms with van der Waals surface area (Å²) < 4.78 is 7.06. The Hall–Kier alpha value is -2.58. The number of aromatic amines is 1.